The number of hydrogen-bond acceptors (Lipinski definition) is 3. The van der Waals surface area contributed by atoms with Crippen LogP contribution >= 0.6 is 0 Å². The Hall–Kier alpha value is -0.900. The number of aromatic nitrogens is 3. The lowest BCUT2D eigenvalue weighted by molar-refractivity contribution is 0.470. The van der Waals surface area contributed by atoms with Crippen LogP contribution in [0, 0.1) is 6.92 Å². The highest BCUT2D eigenvalue weighted by Crippen LogP contribution is 2.33. The lowest BCUT2D eigenvalue weighted by atomic mass is 10.1. The van der Waals surface area contributed by atoms with Gasteiger partial charge in [0.2, 0.25) is 0 Å². The molecule has 2 fully saturated rings. The average molecular weight is 220 g/mol. The molecule has 0 bridgehead atoms. The highest BCUT2D eigenvalue weighted by molar-refractivity contribution is 5.06. The van der Waals surface area contributed by atoms with Crippen molar-refractivity contribution in [3.63, 3.8) is 0 Å². The Morgan fingerprint density at radius 1 is 1.19 bits per heavy atom. The molecule has 1 aliphatic carbocycles. The summed E-state index contributed by atoms with van der Waals surface area (Å²) in [5.74, 6) is 2.92. The first-order valence-electron chi connectivity index (χ1n) is 6.48. The number of nitrogens with one attached hydrogen (secondary N) is 1. The van der Waals surface area contributed by atoms with Gasteiger partial charge in [-0.05, 0) is 32.7 Å². The number of aryl methyl sites for hydroxylation is 1. The fourth-order valence-corrected chi connectivity index (χ4v) is 3.15. The van der Waals surface area contributed by atoms with E-state index in [9.17, 15) is 0 Å². The fourth-order valence-electron chi connectivity index (χ4n) is 3.15. The maximum Gasteiger partial charge on any atom is 0.137 e. The zero-order chi connectivity index (χ0) is 11.0. The van der Waals surface area contributed by atoms with Crippen LogP contribution in [-0.4, -0.2) is 27.9 Å². The highest BCUT2D eigenvalue weighted by Gasteiger charge is 2.28. The largest absolute Gasteiger partial charge is 0.316 e. The van der Waals surface area contributed by atoms with E-state index < -0.39 is 0 Å². The predicted molar refractivity (Wildman–Crippen MR) is 62.5 cm³/mol. The van der Waals surface area contributed by atoms with Crippen LogP contribution in [0.4, 0.5) is 0 Å². The maximum atomic E-state index is 4.42. The monoisotopic (exact) mass is 220 g/mol. The molecule has 3 rings (SSSR count). The van der Waals surface area contributed by atoms with E-state index in [-0.39, 0.29) is 0 Å². The molecule has 88 valence electrons. The van der Waals surface area contributed by atoms with Crippen LogP contribution in [0.5, 0.6) is 0 Å². The Bertz CT molecular complexity index is 359. The van der Waals surface area contributed by atoms with Crippen molar-refractivity contribution in [1.29, 1.82) is 0 Å². The molecule has 1 unspecified atom stereocenters. The summed E-state index contributed by atoms with van der Waals surface area (Å²) in [6.45, 7) is 4.29. The van der Waals surface area contributed by atoms with Crippen molar-refractivity contribution in [2.24, 2.45) is 0 Å². The lowest BCUT2D eigenvalue weighted by Crippen LogP contribution is -2.16. The lowest BCUT2D eigenvalue weighted by Gasteiger charge is -2.18. The molecule has 2 aliphatic rings. The number of rotatable bonds is 2. The van der Waals surface area contributed by atoms with Gasteiger partial charge in [0.1, 0.15) is 11.6 Å². The molecule has 1 aliphatic heterocycles. The van der Waals surface area contributed by atoms with Crippen LogP contribution < -0.4 is 5.32 Å². The topological polar surface area (TPSA) is 42.7 Å². The fraction of sp³-hybridized carbons (Fsp3) is 0.833. The predicted octanol–water partition coefficient (Wildman–Crippen LogP) is 1.78. The molecule has 0 spiro atoms. The van der Waals surface area contributed by atoms with Crippen molar-refractivity contribution in [1.82, 2.24) is 20.1 Å². The normalized spacial score (nSPS) is 26.7. The molecule has 1 atom stereocenters. The van der Waals surface area contributed by atoms with Crippen LogP contribution in [0.3, 0.4) is 0 Å². The molecule has 0 radical (unpaired) electrons. The summed E-state index contributed by atoms with van der Waals surface area (Å²) in [5.41, 5.74) is 0. The van der Waals surface area contributed by atoms with Crippen LogP contribution in [0.1, 0.15) is 55.7 Å². The molecule has 1 saturated heterocycles. The molecule has 2 heterocycles. The van der Waals surface area contributed by atoms with Crippen LogP contribution in [0.15, 0.2) is 0 Å². The highest BCUT2D eigenvalue weighted by atomic mass is 15.3. The van der Waals surface area contributed by atoms with Crippen molar-refractivity contribution in [3.05, 3.63) is 11.6 Å². The minimum absolute atomic E-state index is 0.585. The van der Waals surface area contributed by atoms with Crippen molar-refractivity contribution in [2.75, 3.05) is 13.1 Å². The summed E-state index contributed by atoms with van der Waals surface area (Å²) in [5, 5.41) is 12.1. The molecule has 0 aromatic carbocycles. The Morgan fingerprint density at radius 3 is 2.69 bits per heavy atom. The average Bonchev–Trinajstić information content (AvgIpc) is 2.96. The van der Waals surface area contributed by atoms with Crippen molar-refractivity contribution < 1.29 is 0 Å². The van der Waals surface area contributed by atoms with Crippen LogP contribution in [0.25, 0.3) is 0 Å². The molecule has 1 saturated carbocycles. The Labute approximate surface area is 96.4 Å². The second-order valence-corrected chi connectivity index (χ2v) is 5.10. The molecule has 4 heteroatoms. The quantitative estimate of drug-likeness (QED) is 0.826. The van der Waals surface area contributed by atoms with Crippen molar-refractivity contribution in [2.45, 2.75) is 51.0 Å². The summed E-state index contributed by atoms with van der Waals surface area (Å²) in [4.78, 5) is 0. The zero-order valence-electron chi connectivity index (χ0n) is 9.95. The smallest absolute Gasteiger partial charge is 0.137 e. The third-order valence-corrected chi connectivity index (χ3v) is 4.01. The van der Waals surface area contributed by atoms with Gasteiger partial charge in [0, 0.05) is 18.5 Å². The van der Waals surface area contributed by atoms with E-state index in [0.29, 0.717) is 12.0 Å². The van der Waals surface area contributed by atoms with Gasteiger partial charge in [-0.1, -0.05) is 12.8 Å². The van der Waals surface area contributed by atoms with E-state index in [0.717, 1.165) is 18.9 Å². The Balaban J connectivity index is 1.91. The van der Waals surface area contributed by atoms with E-state index >= 15 is 0 Å². The zero-order valence-corrected chi connectivity index (χ0v) is 9.95. The molecule has 4 nitrogen and oxygen atoms in total. The molecule has 1 N–H and O–H groups in total. The van der Waals surface area contributed by atoms with Crippen molar-refractivity contribution >= 4 is 0 Å². The molecular formula is C12H20N4. The summed E-state index contributed by atoms with van der Waals surface area (Å²) in [6, 6.07) is 0.672. The number of nitrogens with zero attached hydrogens (tertiary/aromatic N) is 3. The minimum Gasteiger partial charge on any atom is -0.316 e. The van der Waals surface area contributed by atoms with Gasteiger partial charge in [0.05, 0.1) is 0 Å². The molecule has 16 heavy (non-hydrogen) atoms. The molecular weight excluding hydrogens is 200 g/mol. The van der Waals surface area contributed by atoms with E-state index in [1.54, 1.807) is 0 Å². The van der Waals surface area contributed by atoms with Gasteiger partial charge in [-0.15, -0.1) is 10.2 Å². The van der Waals surface area contributed by atoms with Crippen LogP contribution in [-0.2, 0) is 0 Å². The van der Waals surface area contributed by atoms with Gasteiger partial charge >= 0.3 is 0 Å². The van der Waals surface area contributed by atoms with E-state index in [1.165, 1.54) is 37.9 Å². The van der Waals surface area contributed by atoms with Gasteiger partial charge < -0.3 is 9.88 Å². The maximum absolute atomic E-state index is 4.42. The third-order valence-electron chi connectivity index (χ3n) is 4.01. The summed E-state index contributed by atoms with van der Waals surface area (Å²) in [7, 11) is 0. The molecule has 1 aromatic heterocycles. The Kier molecular flexibility index (Phi) is 2.67. The second-order valence-electron chi connectivity index (χ2n) is 5.10. The first-order valence-corrected chi connectivity index (χ1v) is 6.48. The number of hydrogen-bond donors (Lipinski definition) is 1. The van der Waals surface area contributed by atoms with Gasteiger partial charge in [-0.25, -0.2) is 0 Å². The third kappa shape index (κ3) is 1.65. The van der Waals surface area contributed by atoms with E-state index in [4.69, 9.17) is 0 Å². The first kappa shape index (κ1) is 10.3. The van der Waals surface area contributed by atoms with Gasteiger partial charge in [-0.3, -0.25) is 0 Å². The standard InChI is InChI=1S/C12H20N4/c1-9-14-15-12(10-6-7-13-8-10)16(9)11-4-2-3-5-11/h10-11,13H,2-8H2,1H3. The SMILES string of the molecule is Cc1nnc(C2CCNC2)n1C1CCCC1. The van der Waals surface area contributed by atoms with Gasteiger partial charge in [0.25, 0.3) is 0 Å². The molecule has 0 amide bonds. The van der Waals surface area contributed by atoms with E-state index in [1.807, 2.05) is 0 Å². The summed E-state index contributed by atoms with van der Waals surface area (Å²) in [6.07, 6.45) is 6.57. The van der Waals surface area contributed by atoms with Crippen molar-refractivity contribution in [3.8, 4) is 0 Å². The second kappa shape index (κ2) is 4.17. The van der Waals surface area contributed by atoms with Crippen LogP contribution in [0.2, 0.25) is 0 Å². The summed E-state index contributed by atoms with van der Waals surface area (Å²) >= 11 is 0. The first-order chi connectivity index (χ1) is 7.86. The van der Waals surface area contributed by atoms with Gasteiger partial charge in [-0.2, -0.15) is 0 Å². The Morgan fingerprint density at radius 2 is 2.00 bits per heavy atom. The van der Waals surface area contributed by atoms with E-state index in [2.05, 4.69) is 27.0 Å². The summed E-state index contributed by atoms with van der Waals surface area (Å²) < 4.78 is 2.42. The molecule has 1 aromatic rings. The van der Waals surface area contributed by atoms with Gasteiger partial charge in [0.15, 0.2) is 0 Å². The minimum atomic E-state index is 0.585.